The van der Waals surface area contributed by atoms with Crippen LogP contribution in [0.4, 0.5) is 16.2 Å². The van der Waals surface area contributed by atoms with Crippen LogP contribution in [0.5, 0.6) is 5.75 Å². The molecule has 0 aromatic heterocycles. The zero-order valence-corrected chi connectivity index (χ0v) is 26.4. The maximum Gasteiger partial charge on any atom is 0.407 e. The molecule has 3 unspecified atom stereocenters. The van der Waals surface area contributed by atoms with Gasteiger partial charge in [0, 0.05) is 48.2 Å². The first-order chi connectivity index (χ1) is 22.9. The standard InChI is InChI=1S/C37H41N5O5/c1-45-37(44)42-35(34(26-11-4-2-5-12-26)27-13-6-3-7-14-27)36(43)41-33-15-9-8-10-25(33)16-19-30-22-40-23-31(47-30)24-46-29-18-17-28(21-38)32(39)20-29/h2-15,17-18,20-21,30-31,34-35,38,40H,16,19,22-24,39H2,1H3,(H,41,43)(H,42,44). The van der Waals surface area contributed by atoms with E-state index in [1.54, 1.807) is 18.2 Å². The van der Waals surface area contributed by atoms with Gasteiger partial charge in [-0.1, -0.05) is 78.9 Å². The van der Waals surface area contributed by atoms with Gasteiger partial charge in [-0.25, -0.2) is 4.79 Å². The summed E-state index contributed by atoms with van der Waals surface area (Å²) in [7, 11) is 1.28. The van der Waals surface area contributed by atoms with Gasteiger partial charge in [0.1, 0.15) is 24.5 Å². The number of alkyl carbamates (subject to hydrolysis) is 1. The van der Waals surface area contributed by atoms with E-state index in [1.165, 1.54) is 13.3 Å². The van der Waals surface area contributed by atoms with Crippen LogP contribution >= 0.6 is 0 Å². The summed E-state index contributed by atoms with van der Waals surface area (Å²) in [6.07, 6.45) is 1.70. The second-order valence-electron chi connectivity index (χ2n) is 11.4. The molecule has 244 valence electrons. The molecule has 0 bridgehead atoms. The second kappa shape index (κ2) is 16.4. The van der Waals surface area contributed by atoms with Crippen molar-refractivity contribution in [2.75, 3.05) is 37.9 Å². The van der Waals surface area contributed by atoms with Gasteiger partial charge in [-0.15, -0.1) is 0 Å². The number of carbonyl (C=O) groups is 2. The van der Waals surface area contributed by atoms with Gasteiger partial charge in [-0.3, -0.25) is 4.79 Å². The Hall–Kier alpha value is -5.19. The van der Waals surface area contributed by atoms with Crippen molar-refractivity contribution in [1.82, 2.24) is 10.6 Å². The van der Waals surface area contributed by atoms with Crippen LogP contribution in [-0.4, -0.2) is 63.3 Å². The van der Waals surface area contributed by atoms with Gasteiger partial charge in [0.15, 0.2) is 0 Å². The molecule has 1 aliphatic heterocycles. The first-order valence-corrected chi connectivity index (χ1v) is 15.7. The van der Waals surface area contributed by atoms with Crippen LogP contribution in [0.3, 0.4) is 0 Å². The Morgan fingerprint density at radius 2 is 1.62 bits per heavy atom. The van der Waals surface area contributed by atoms with Gasteiger partial charge >= 0.3 is 6.09 Å². The van der Waals surface area contributed by atoms with E-state index in [0.717, 1.165) is 23.1 Å². The zero-order chi connectivity index (χ0) is 33.0. The highest BCUT2D eigenvalue weighted by atomic mass is 16.5. The Balaban J connectivity index is 1.26. The molecule has 4 aromatic rings. The minimum Gasteiger partial charge on any atom is -0.491 e. The van der Waals surface area contributed by atoms with Crippen molar-refractivity contribution in [1.29, 1.82) is 5.41 Å². The Bertz CT molecular complexity index is 1600. The number of rotatable bonds is 13. The van der Waals surface area contributed by atoms with E-state index in [2.05, 4.69) is 16.0 Å². The molecule has 2 amide bonds. The van der Waals surface area contributed by atoms with E-state index in [4.69, 9.17) is 25.4 Å². The van der Waals surface area contributed by atoms with Crippen molar-refractivity contribution >= 4 is 29.6 Å². The summed E-state index contributed by atoms with van der Waals surface area (Å²) in [4.78, 5) is 26.6. The molecule has 1 heterocycles. The summed E-state index contributed by atoms with van der Waals surface area (Å²) in [5, 5.41) is 16.7. The monoisotopic (exact) mass is 635 g/mol. The Kier molecular flexibility index (Phi) is 11.6. The Morgan fingerprint density at radius 1 is 0.957 bits per heavy atom. The maximum absolute atomic E-state index is 14.1. The normalized spacial score (nSPS) is 16.6. The Morgan fingerprint density at radius 3 is 2.28 bits per heavy atom. The number of nitrogen functional groups attached to an aromatic ring is 1. The number of benzene rings is 4. The predicted molar refractivity (Wildman–Crippen MR) is 183 cm³/mol. The highest BCUT2D eigenvalue weighted by Gasteiger charge is 2.33. The average Bonchev–Trinajstić information content (AvgIpc) is 3.11. The van der Waals surface area contributed by atoms with Crippen molar-refractivity contribution in [3.63, 3.8) is 0 Å². The number of nitrogens with two attached hydrogens (primary N) is 1. The molecule has 0 spiro atoms. The third-order valence-electron chi connectivity index (χ3n) is 8.18. The fourth-order valence-electron chi connectivity index (χ4n) is 5.78. The van der Waals surface area contributed by atoms with Crippen LogP contribution in [0.15, 0.2) is 103 Å². The number of ether oxygens (including phenoxy) is 3. The van der Waals surface area contributed by atoms with Crippen LogP contribution in [0.25, 0.3) is 0 Å². The maximum atomic E-state index is 14.1. The number of aryl methyl sites for hydroxylation is 1. The number of para-hydroxylation sites is 1. The van der Waals surface area contributed by atoms with Crippen LogP contribution < -0.4 is 26.4 Å². The zero-order valence-electron chi connectivity index (χ0n) is 26.4. The van der Waals surface area contributed by atoms with Gasteiger partial charge in [-0.05, 0) is 47.7 Å². The SMILES string of the molecule is COC(=O)NC(C(=O)Nc1ccccc1CCC1CNCC(COc2ccc(C=N)c(N)c2)O1)C(c1ccccc1)c1ccccc1. The minimum atomic E-state index is -0.955. The smallest absolute Gasteiger partial charge is 0.407 e. The lowest BCUT2D eigenvalue weighted by molar-refractivity contribution is -0.118. The Labute approximate surface area is 275 Å². The van der Waals surface area contributed by atoms with E-state index in [9.17, 15) is 9.59 Å². The summed E-state index contributed by atoms with van der Waals surface area (Å²) >= 11 is 0. The van der Waals surface area contributed by atoms with E-state index < -0.39 is 18.1 Å². The van der Waals surface area contributed by atoms with E-state index in [0.29, 0.717) is 48.8 Å². The third-order valence-corrected chi connectivity index (χ3v) is 8.18. The fourth-order valence-corrected chi connectivity index (χ4v) is 5.78. The highest BCUT2D eigenvalue weighted by Crippen LogP contribution is 2.30. The molecule has 1 aliphatic rings. The van der Waals surface area contributed by atoms with Crippen molar-refractivity contribution in [2.24, 2.45) is 0 Å². The lowest BCUT2D eigenvalue weighted by Crippen LogP contribution is -2.48. The molecule has 5 rings (SSSR count). The van der Waals surface area contributed by atoms with Gasteiger partial charge in [-0.2, -0.15) is 0 Å². The number of morpholine rings is 1. The molecule has 6 N–H and O–H groups in total. The number of amides is 2. The molecule has 0 saturated carbocycles. The van der Waals surface area contributed by atoms with Crippen LogP contribution in [0, 0.1) is 5.41 Å². The van der Waals surface area contributed by atoms with E-state index in [1.807, 2.05) is 84.9 Å². The number of nitrogens with one attached hydrogen (secondary N) is 4. The van der Waals surface area contributed by atoms with Crippen molar-refractivity contribution < 1.29 is 23.8 Å². The number of hydrogen-bond acceptors (Lipinski definition) is 8. The summed E-state index contributed by atoms with van der Waals surface area (Å²) in [5.74, 6) is -0.192. The molecule has 0 radical (unpaired) electrons. The number of carbonyl (C=O) groups excluding carboxylic acids is 2. The number of hydrogen-bond donors (Lipinski definition) is 5. The number of anilines is 2. The van der Waals surface area contributed by atoms with Crippen molar-refractivity contribution in [3.8, 4) is 5.75 Å². The molecule has 0 aliphatic carbocycles. The molecule has 47 heavy (non-hydrogen) atoms. The van der Waals surface area contributed by atoms with Crippen LogP contribution in [0.2, 0.25) is 0 Å². The lowest BCUT2D eigenvalue weighted by Gasteiger charge is -2.31. The molecule has 3 atom stereocenters. The molecule has 10 nitrogen and oxygen atoms in total. The van der Waals surface area contributed by atoms with Crippen LogP contribution in [0.1, 0.15) is 34.6 Å². The highest BCUT2D eigenvalue weighted by molar-refractivity contribution is 5.98. The minimum absolute atomic E-state index is 0.0549. The fraction of sp³-hybridized carbons (Fsp3) is 0.270. The van der Waals surface area contributed by atoms with Gasteiger partial charge in [0.05, 0.1) is 13.2 Å². The lowest BCUT2D eigenvalue weighted by atomic mass is 9.84. The number of methoxy groups -OCH3 is 1. The van der Waals surface area contributed by atoms with Crippen molar-refractivity contribution in [2.45, 2.75) is 37.0 Å². The van der Waals surface area contributed by atoms with Crippen molar-refractivity contribution in [3.05, 3.63) is 125 Å². The van der Waals surface area contributed by atoms with Gasteiger partial charge in [0.2, 0.25) is 5.91 Å². The van der Waals surface area contributed by atoms with Crippen LogP contribution in [-0.2, 0) is 20.7 Å². The molecular weight excluding hydrogens is 594 g/mol. The molecule has 4 aromatic carbocycles. The summed E-state index contributed by atoms with van der Waals surface area (Å²) < 4.78 is 17.2. The summed E-state index contributed by atoms with van der Waals surface area (Å²) in [6.45, 7) is 1.72. The largest absolute Gasteiger partial charge is 0.491 e. The third kappa shape index (κ3) is 8.96. The summed E-state index contributed by atoms with van der Waals surface area (Å²) in [6, 6.07) is 31.3. The van der Waals surface area contributed by atoms with E-state index in [-0.39, 0.29) is 18.1 Å². The van der Waals surface area contributed by atoms with Gasteiger partial charge < -0.3 is 41.3 Å². The van der Waals surface area contributed by atoms with E-state index >= 15 is 0 Å². The molecule has 10 heteroatoms. The molecular formula is C37H41N5O5. The predicted octanol–water partition coefficient (Wildman–Crippen LogP) is 5.13. The molecule has 1 saturated heterocycles. The first-order valence-electron chi connectivity index (χ1n) is 15.7. The average molecular weight is 636 g/mol. The molecule has 1 fully saturated rings. The topological polar surface area (TPSA) is 148 Å². The summed E-state index contributed by atoms with van der Waals surface area (Å²) in [5.41, 5.74) is 10.5. The first kappa shape index (κ1) is 33.2. The van der Waals surface area contributed by atoms with Gasteiger partial charge in [0.25, 0.3) is 0 Å². The quantitative estimate of drug-likeness (QED) is 0.101. The second-order valence-corrected chi connectivity index (χ2v) is 11.4.